The zero-order valence-corrected chi connectivity index (χ0v) is 16.5. The lowest BCUT2D eigenvalue weighted by atomic mass is 10.00. The van der Waals surface area contributed by atoms with E-state index in [9.17, 15) is 14.4 Å². The molecule has 2 heterocycles. The summed E-state index contributed by atoms with van der Waals surface area (Å²) in [6.45, 7) is 2.38. The van der Waals surface area contributed by atoms with Crippen LogP contribution in [0, 0.1) is 6.92 Å². The summed E-state index contributed by atoms with van der Waals surface area (Å²) in [5, 5.41) is 3.64. The first-order chi connectivity index (χ1) is 13.9. The van der Waals surface area contributed by atoms with E-state index in [0.717, 1.165) is 22.3 Å². The SMILES string of the molecule is Cc1cc(=O)c2cc(-c3cccc(C(=O)N[C@H]4CCC(=O)N(C)C4)c3)ccc2[nH]1. The van der Waals surface area contributed by atoms with Crippen LogP contribution < -0.4 is 10.7 Å². The number of nitrogens with zero attached hydrogens (tertiary/aromatic N) is 1. The van der Waals surface area contributed by atoms with E-state index in [1.807, 2.05) is 43.3 Å². The smallest absolute Gasteiger partial charge is 0.251 e. The van der Waals surface area contributed by atoms with Crippen LogP contribution in [0.2, 0.25) is 0 Å². The van der Waals surface area contributed by atoms with Crippen LogP contribution in [-0.2, 0) is 4.79 Å². The predicted octanol–water partition coefficient (Wildman–Crippen LogP) is 2.85. The summed E-state index contributed by atoms with van der Waals surface area (Å²) in [7, 11) is 1.75. The summed E-state index contributed by atoms with van der Waals surface area (Å²) in [4.78, 5) is 41.5. The molecule has 2 amide bonds. The third-order valence-electron chi connectivity index (χ3n) is 5.38. The zero-order chi connectivity index (χ0) is 20.5. The molecule has 0 spiro atoms. The third kappa shape index (κ3) is 3.92. The molecule has 6 heteroatoms. The fourth-order valence-electron chi connectivity index (χ4n) is 3.80. The van der Waals surface area contributed by atoms with Crippen molar-refractivity contribution in [1.82, 2.24) is 15.2 Å². The van der Waals surface area contributed by atoms with Gasteiger partial charge in [-0.1, -0.05) is 18.2 Å². The summed E-state index contributed by atoms with van der Waals surface area (Å²) in [5.41, 5.74) is 3.90. The number of hydrogen-bond donors (Lipinski definition) is 2. The first kappa shape index (κ1) is 18.9. The van der Waals surface area contributed by atoms with Crippen LogP contribution in [0.4, 0.5) is 0 Å². The Morgan fingerprint density at radius 3 is 2.69 bits per heavy atom. The minimum absolute atomic E-state index is 0.0250. The van der Waals surface area contributed by atoms with E-state index in [4.69, 9.17) is 0 Å². The molecule has 0 unspecified atom stereocenters. The summed E-state index contributed by atoms with van der Waals surface area (Å²) in [6.07, 6.45) is 1.11. The molecule has 4 rings (SSSR count). The van der Waals surface area contributed by atoms with Gasteiger partial charge in [0.25, 0.3) is 5.91 Å². The van der Waals surface area contributed by atoms with Gasteiger partial charge in [-0.2, -0.15) is 0 Å². The van der Waals surface area contributed by atoms with Crippen molar-refractivity contribution in [3.63, 3.8) is 0 Å². The van der Waals surface area contributed by atoms with Crippen LogP contribution in [-0.4, -0.2) is 41.3 Å². The molecule has 1 aromatic heterocycles. The maximum atomic E-state index is 12.7. The number of H-pyrrole nitrogens is 1. The Hall–Kier alpha value is -3.41. The molecular formula is C23H23N3O3. The van der Waals surface area contributed by atoms with Gasteiger partial charge in [-0.15, -0.1) is 0 Å². The summed E-state index contributed by atoms with van der Waals surface area (Å²) in [6, 6.07) is 14.6. The maximum Gasteiger partial charge on any atom is 0.251 e. The van der Waals surface area contributed by atoms with Gasteiger partial charge in [0.05, 0.1) is 0 Å². The molecule has 29 heavy (non-hydrogen) atoms. The molecule has 0 radical (unpaired) electrons. The molecule has 1 fully saturated rings. The molecular weight excluding hydrogens is 366 g/mol. The van der Waals surface area contributed by atoms with E-state index in [0.29, 0.717) is 30.3 Å². The quantitative estimate of drug-likeness (QED) is 0.723. The van der Waals surface area contributed by atoms with E-state index >= 15 is 0 Å². The van der Waals surface area contributed by atoms with Crippen LogP contribution in [0.1, 0.15) is 28.9 Å². The number of likely N-dealkylation sites (tertiary alicyclic amines) is 1. The molecule has 0 bridgehead atoms. The summed E-state index contributed by atoms with van der Waals surface area (Å²) >= 11 is 0. The molecule has 1 aliphatic rings. The topological polar surface area (TPSA) is 82.3 Å². The highest BCUT2D eigenvalue weighted by Gasteiger charge is 2.24. The number of likely N-dealkylation sites (N-methyl/N-ethyl adjacent to an activating group) is 1. The number of piperidine rings is 1. The van der Waals surface area contributed by atoms with Gasteiger partial charge in [-0.05, 0) is 48.7 Å². The van der Waals surface area contributed by atoms with Gasteiger partial charge in [0, 0.05) is 54.3 Å². The van der Waals surface area contributed by atoms with Crippen LogP contribution in [0.25, 0.3) is 22.0 Å². The van der Waals surface area contributed by atoms with Gasteiger partial charge in [0.1, 0.15) is 0 Å². The van der Waals surface area contributed by atoms with E-state index in [2.05, 4.69) is 10.3 Å². The lowest BCUT2D eigenvalue weighted by molar-refractivity contribution is -0.132. The molecule has 2 aromatic carbocycles. The minimum atomic E-state index is -0.158. The second-order valence-electron chi connectivity index (χ2n) is 7.64. The lowest BCUT2D eigenvalue weighted by Gasteiger charge is -2.30. The number of pyridine rings is 1. The molecule has 6 nitrogen and oxygen atoms in total. The third-order valence-corrected chi connectivity index (χ3v) is 5.38. The molecule has 1 atom stereocenters. The second kappa shape index (κ2) is 7.54. The minimum Gasteiger partial charge on any atom is -0.358 e. The molecule has 3 aromatic rings. The summed E-state index contributed by atoms with van der Waals surface area (Å²) < 4.78 is 0. The molecule has 1 aliphatic heterocycles. The Morgan fingerprint density at radius 1 is 1.10 bits per heavy atom. The lowest BCUT2D eigenvalue weighted by Crippen LogP contribution is -2.48. The Morgan fingerprint density at radius 2 is 1.90 bits per heavy atom. The Balaban J connectivity index is 1.59. The average Bonchev–Trinajstić information content (AvgIpc) is 2.70. The fraction of sp³-hybridized carbons (Fsp3) is 0.261. The highest BCUT2D eigenvalue weighted by molar-refractivity contribution is 5.96. The van der Waals surface area contributed by atoms with Gasteiger partial charge < -0.3 is 15.2 Å². The predicted molar refractivity (Wildman–Crippen MR) is 113 cm³/mol. The number of rotatable bonds is 3. The Kier molecular flexibility index (Phi) is 4.92. The maximum absolute atomic E-state index is 12.7. The van der Waals surface area contributed by atoms with Crippen molar-refractivity contribution in [3.05, 3.63) is 70.0 Å². The Bertz CT molecular complexity index is 1170. The molecule has 148 valence electrons. The normalized spacial score (nSPS) is 16.8. The van der Waals surface area contributed by atoms with Gasteiger partial charge >= 0.3 is 0 Å². The van der Waals surface area contributed by atoms with Crippen molar-refractivity contribution < 1.29 is 9.59 Å². The van der Waals surface area contributed by atoms with Gasteiger partial charge in [0.15, 0.2) is 5.43 Å². The first-order valence-electron chi connectivity index (χ1n) is 9.69. The van der Waals surface area contributed by atoms with Crippen molar-refractivity contribution in [1.29, 1.82) is 0 Å². The number of carbonyl (C=O) groups is 2. The van der Waals surface area contributed by atoms with Gasteiger partial charge in [-0.3, -0.25) is 14.4 Å². The van der Waals surface area contributed by atoms with Gasteiger partial charge in [0.2, 0.25) is 5.91 Å². The molecule has 0 saturated carbocycles. The highest BCUT2D eigenvalue weighted by atomic mass is 16.2. The van der Waals surface area contributed by atoms with Crippen LogP contribution >= 0.6 is 0 Å². The number of amides is 2. The monoisotopic (exact) mass is 389 g/mol. The number of aryl methyl sites for hydroxylation is 1. The van der Waals surface area contributed by atoms with E-state index in [1.54, 1.807) is 24.1 Å². The number of fused-ring (bicyclic) bond motifs is 1. The fourth-order valence-corrected chi connectivity index (χ4v) is 3.80. The van der Waals surface area contributed by atoms with Crippen molar-refractivity contribution in [2.45, 2.75) is 25.8 Å². The van der Waals surface area contributed by atoms with Crippen LogP contribution in [0.5, 0.6) is 0 Å². The van der Waals surface area contributed by atoms with Crippen molar-refractivity contribution in [3.8, 4) is 11.1 Å². The number of carbonyl (C=O) groups excluding carboxylic acids is 2. The van der Waals surface area contributed by atoms with Gasteiger partial charge in [-0.25, -0.2) is 0 Å². The largest absolute Gasteiger partial charge is 0.358 e. The van der Waals surface area contributed by atoms with E-state index in [1.165, 1.54) is 0 Å². The van der Waals surface area contributed by atoms with Crippen molar-refractivity contribution in [2.24, 2.45) is 0 Å². The summed E-state index contributed by atoms with van der Waals surface area (Å²) in [5.74, 6) is -0.0483. The number of aromatic amines is 1. The average molecular weight is 389 g/mol. The van der Waals surface area contributed by atoms with E-state index in [-0.39, 0.29) is 23.3 Å². The van der Waals surface area contributed by atoms with Crippen molar-refractivity contribution >= 4 is 22.7 Å². The Labute approximate surface area is 168 Å². The number of nitrogens with one attached hydrogen (secondary N) is 2. The van der Waals surface area contributed by atoms with E-state index < -0.39 is 0 Å². The zero-order valence-electron chi connectivity index (χ0n) is 16.5. The number of aromatic nitrogens is 1. The number of benzene rings is 2. The van der Waals surface area contributed by atoms with Crippen LogP contribution in [0.3, 0.4) is 0 Å². The standard InChI is InChI=1S/C23H23N3O3/c1-14-10-21(27)19-12-16(6-8-20(19)24-14)15-4-3-5-17(11-15)23(29)25-18-7-9-22(28)26(2)13-18/h3-6,8,10-12,18H,7,9,13H2,1-2H3,(H,24,27)(H,25,29)/t18-/m0/s1. The van der Waals surface area contributed by atoms with Crippen molar-refractivity contribution in [2.75, 3.05) is 13.6 Å². The first-order valence-corrected chi connectivity index (χ1v) is 9.69. The molecule has 0 aliphatic carbocycles. The van der Waals surface area contributed by atoms with Crippen LogP contribution in [0.15, 0.2) is 53.3 Å². The number of hydrogen-bond acceptors (Lipinski definition) is 3. The molecule has 1 saturated heterocycles. The second-order valence-corrected chi connectivity index (χ2v) is 7.64. The highest BCUT2D eigenvalue weighted by Crippen LogP contribution is 2.23. The molecule has 2 N–H and O–H groups in total.